The van der Waals surface area contributed by atoms with Crippen LogP contribution in [-0.4, -0.2) is 32.1 Å². The van der Waals surface area contributed by atoms with Gasteiger partial charge in [-0.3, -0.25) is 0 Å². The van der Waals surface area contributed by atoms with E-state index in [1.165, 1.54) is 0 Å². The van der Waals surface area contributed by atoms with E-state index in [1.807, 2.05) is 76.2 Å². The van der Waals surface area contributed by atoms with E-state index in [0.717, 1.165) is 46.1 Å². The molecule has 0 aliphatic rings. The second kappa shape index (κ2) is 11.9. The lowest BCUT2D eigenvalue weighted by Crippen LogP contribution is -2.17. The highest BCUT2D eigenvalue weighted by molar-refractivity contribution is 5.98. The molecule has 0 heterocycles. The SMILES string of the molecule is C/C=C/COc1cc(C)c(OC(C)CCOc2cccc(C(C)=NOC)c2)c(C)c1. The van der Waals surface area contributed by atoms with Crippen LogP contribution in [0.4, 0.5) is 0 Å². The maximum Gasteiger partial charge on any atom is 0.125 e. The third-order valence-electron chi connectivity index (χ3n) is 4.61. The van der Waals surface area contributed by atoms with Crippen molar-refractivity contribution < 1.29 is 19.0 Å². The third kappa shape index (κ3) is 7.14. The maximum absolute atomic E-state index is 6.20. The van der Waals surface area contributed by atoms with E-state index in [-0.39, 0.29) is 6.10 Å². The van der Waals surface area contributed by atoms with Gasteiger partial charge in [0.2, 0.25) is 0 Å². The molecule has 0 aliphatic carbocycles. The van der Waals surface area contributed by atoms with Gasteiger partial charge in [0, 0.05) is 12.0 Å². The average Bonchev–Trinajstić information content (AvgIpc) is 2.71. The fourth-order valence-electron chi connectivity index (χ4n) is 3.02. The van der Waals surface area contributed by atoms with Gasteiger partial charge in [0.25, 0.3) is 0 Å². The summed E-state index contributed by atoms with van der Waals surface area (Å²) in [7, 11) is 1.54. The molecule has 0 N–H and O–H groups in total. The molecule has 0 saturated carbocycles. The van der Waals surface area contributed by atoms with Crippen LogP contribution < -0.4 is 14.2 Å². The summed E-state index contributed by atoms with van der Waals surface area (Å²) in [5, 5.41) is 3.96. The number of allylic oxidation sites excluding steroid dienone is 1. The predicted molar refractivity (Wildman–Crippen MR) is 122 cm³/mol. The first-order chi connectivity index (χ1) is 14.4. The molecule has 0 saturated heterocycles. The van der Waals surface area contributed by atoms with Gasteiger partial charge in [-0.25, -0.2) is 0 Å². The van der Waals surface area contributed by atoms with Crippen molar-refractivity contribution in [2.24, 2.45) is 5.16 Å². The highest BCUT2D eigenvalue weighted by Crippen LogP contribution is 2.29. The Kier molecular flexibility index (Phi) is 9.26. The highest BCUT2D eigenvalue weighted by Gasteiger charge is 2.12. The fourth-order valence-corrected chi connectivity index (χ4v) is 3.02. The molecule has 0 amide bonds. The van der Waals surface area contributed by atoms with Crippen molar-refractivity contribution in [1.29, 1.82) is 0 Å². The number of oxime groups is 1. The maximum atomic E-state index is 6.20. The zero-order valence-corrected chi connectivity index (χ0v) is 18.9. The van der Waals surface area contributed by atoms with Crippen LogP contribution >= 0.6 is 0 Å². The molecule has 2 aromatic carbocycles. The molecular weight excluding hydrogens is 378 g/mol. The van der Waals surface area contributed by atoms with Gasteiger partial charge < -0.3 is 19.0 Å². The summed E-state index contributed by atoms with van der Waals surface area (Å²) < 4.78 is 17.9. The number of aryl methyl sites for hydroxylation is 2. The van der Waals surface area contributed by atoms with E-state index in [0.29, 0.717) is 13.2 Å². The smallest absolute Gasteiger partial charge is 0.125 e. The van der Waals surface area contributed by atoms with Gasteiger partial charge in [0.15, 0.2) is 0 Å². The Morgan fingerprint density at radius 2 is 1.80 bits per heavy atom. The summed E-state index contributed by atoms with van der Waals surface area (Å²) in [6.07, 6.45) is 4.76. The Morgan fingerprint density at radius 3 is 2.47 bits per heavy atom. The molecule has 2 rings (SSSR count). The molecule has 5 heteroatoms. The number of ether oxygens (including phenoxy) is 3. The molecule has 2 aromatic rings. The van der Waals surface area contributed by atoms with Crippen molar-refractivity contribution in [3.63, 3.8) is 0 Å². The van der Waals surface area contributed by atoms with Crippen molar-refractivity contribution >= 4 is 5.71 Å². The summed E-state index contributed by atoms with van der Waals surface area (Å²) in [5.74, 6) is 2.58. The van der Waals surface area contributed by atoms with Crippen molar-refractivity contribution in [2.45, 2.75) is 47.1 Å². The summed E-state index contributed by atoms with van der Waals surface area (Å²) in [6.45, 7) is 11.2. The number of hydrogen-bond donors (Lipinski definition) is 0. The third-order valence-corrected chi connectivity index (χ3v) is 4.61. The molecule has 1 atom stereocenters. The van der Waals surface area contributed by atoms with Gasteiger partial charge >= 0.3 is 0 Å². The van der Waals surface area contributed by atoms with E-state index in [2.05, 4.69) is 12.1 Å². The van der Waals surface area contributed by atoms with E-state index in [9.17, 15) is 0 Å². The molecule has 0 spiro atoms. The Labute approximate surface area is 180 Å². The topological polar surface area (TPSA) is 49.3 Å². The van der Waals surface area contributed by atoms with Gasteiger partial charge in [0.05, 0.1) is 18.4 Å². The van der Waals surface area contributed by atoms with Crippen molar-refractivity contribution in [1.82, 2.24) is 0 Å². The zero-order valence-electron chi connectivity index (χ0n) is 18.9. The number of rotatable bonds is 11. The Morgan fingerprint density at radius 1 is 1.07 bits per heavy atom. The van der Waals surface area contributed by atoms with Crippen LogP contribution in [-0.2, 0) is 4.84 Å². The molecule has 0 aromatic heterocycles. The number of benzene rings is 2. The largest absolute Gasteiger partial charge is 0.493 e. The summed E-state index contributed by atoms with van der Waals surface area (Å²) in [4.78, 5) is 4.84. The fraction of sp³-hybridized carbons (Fsp3) is 0.400. The molecular formula is C25H33NO4. The molecule has 0 radical (unpaired) electrons. The second-order valence-corrected chi connectivity index (χ2v) is 7.22. The van der Waals surface area contributed by atoms with Crippen LogP contribution in [0.1, 0.15) is 43.9 Å². The zero-order chi connectivity index (χ0) is 21.9. The van der Waals surface area contributed by atoms with Crippen LogP contribution in [0.25, 0.3) is 0 Å². The summed E-state index contributed by atoms with van der Waals surface area (Å²) >= 11 is 0. The van der Waals surface area contributed by atoms with Crippen LogP contribution in [0.5, 0.6) is 17.2 Å². The Bertz CT molecular complexity index is 850. The van der Waals surface area contributed by atoms with Gasteiger partial charge in [-0.05, 0) is 70.0 Å². The van der Waals surface area contributed by atoms with E-state index < -0.39 is 0 Å². The van der Waals surface area contributed by atoms with Gasteiger partial charge in [-0.2, -0.15) is 0 Å². The highest BCUT2D eigenvalue weighted by atomic mass is 16.6. The van der Waals surface area contributed by atoms with E-state index >= 15 is 0 Å². The second-order valence-electron chi connectivity index (χ2n) is 7.22. The van der Waals surface area contributed by atoms with Gasteiger partial charge in [-0.15, -0.1) is 0 Å². The summed E-state index contributed by atoms with van der Waals surface area (Å²) in [6, 6.07) is 11.9. The van der Waals surface area contributed by atoms with Crippen LogP contribution in [0.3, 0.4) is 0 Å². The predicted octanol–water partition coefficient (Wildman–Crippen LogP) is 5.87. The van der Waals surface area contributed by atoms with Crippen LogP contribution in [0.2, 0.25) is 0 Å². The minimum absolute atomic E-state index is 0.0252. The Balaban J connectivity index is 1.90. The first-order valence-electron chi connectivity index (χ1n) is 10.3. The lowest BCUT2D eigenvalue weighted by molar-refractivity contribution is 0.175. The molecule has 1 unspecified atom stereocenters. The number of nitrogens with zero attached hydrogens (tertiary/aromatic N) is 1. The molecule has 0 fully saturated rings. The van der Waals surface area contributed by atoms with Gasteiger partial charge in [0.1, 0.15) is 31.0 Å². The first kappa shape index (κ1) is 23.3. The van der Waals surface area contributed by atoms with E-state index in [4.69, 9.17) is 19.0 Å². The standard InChI is InChI=1S/C25H33NO4/c1-7-8-13-28-24-15-18(2)25(19(3)16-24)30-20(4)12-14-29-23-11-9-10-22(17-23)21(5)26-27-6/h7-11,15-17,20H,12-14H2,1-6H3/b8-7+,26-21?. The first-order valence-corrected chi connectivity index (χ1v) is 10.3. The average molecular weight is 412 g/mol. The van der Waals surface area contributed by atoms with Crippen molar-refractivity contribution in [2.75, 3.05) is 20.3 Å². The van der Waals surface area contributed by atoms with Crippen LogP contribution in [0, 0.1) is 13.8 Å². The Hall–Kier alpha value is -2.95. The normalized spacial score (nSPS) is 12.7. The molecule has 0 bridgehead atoms. The quantitative estimate of drug-likeness (QED) is 0.264. The molecule has 0 aliphatic heterocycles. The monoisotopic (exact) mass is 411 g/mol. The number of hydrogen-bond acceptors (Lipinski definition) is 5. The molecule has 5 nitrogen and oxygen atoms in total. The molecule has 162 valence electrons. The lowest BCUT2D eigenvalue weighted by atomic mass is 10.1. The lowest BCUT2D eigenvalue weighted by Gasteiger charge is -2.19. The van der Waals surface area contributed by atoms with Crippen molar-refractivity contribution in [3.8, 4) is 17.2 Å². The van der Waals surface area contributed by atoms with Gasteiger partial charge in [-0.1, -0.05) is 29.4 Å². The van der Waals surface area contributed by atoms with E-state index in [1.54, 1.807) is 7.11 Å². The van der Waals surface area contributed by atoms with Crippen LogP contribution in [0.15, 0.2) is 53.7 Å². The van der Waals surface area contributed by atoms with Crippen molar-refractivity contribution in [3.05, 3.63) is 65.2 Å². The minimum Gasteiger partial charge on any atom is -0.493 e. The summed E-state index contributed by atoms with van der Waals surface area (Å²) in [5.41, 5.74) is 3.92. The minimum atomic E-state index is 0.0252. The molecule has 30 heavy (non-hydrogen) atoms.